The summed E-state index contributed by atoms with van der Waals surface area (Å²) in [5, 5.41) is 19.3. The van der Waals surface area contributed by atoms with Gasteiger partial charge in [-0.25, -0.2) is 4.98 Å². The second kappa shape index (κ2) is 6.03. The first-order valence-electron chi connectivity index (χ1n) is 5.57. The van der Waals surface area contributed by atoms with Crippen LogP contribution in [0.25, 0.3) is 0 Å². The highest BCUT2D eigenvalue weighted by atomic mass is 35.5. The average Bonchev–Trinajstić information content (AvgIpc) is 2.89. The summed E-state index contributed by atoms with van der Waals surface area (Å²) in [6.07, 6.45) is 3.22. The van der Waals surface area contributed by atoms with Gasteiger partial charge in [-0.2, -0.15) is 10.4 Å². The van der Waals surface area contributed by atoms with Gasteiger partial charge in [-0.3, -0.25) is 5.10 Å². The molecule has 0 aliphatic carbocycles. The second-order valence-corrected chi connectivity index (χ2v) is 4.20. The number of rotatable bonds is 5. The Balaban J connectivity index is 1.85. The molecule has 6 heteroatoms. The van der Waals surface area contributed by atoms with Crippen molar-refractivity contribution in [1.29, 1.82) is 5.26 Å². The van der Waals surface area contributed by atoms with E-state index in [0.717, 1.165) is 30.9 Å². The third-order valence-electron chi connectivity index (χ3n) is 2.47. The van der Waals surface area contributed by atoms with Crippen molar-refractivity contribution in [3.8, 4) is 6.07 Å². The maximum Gasteiger partial charge on any atom is 0.137 e. The number of hydrogen-bond acceptors (Lipinski definition) is 4. The Morgan fingerprint density at radius 2 is 2.33 bits per heavy atom. The molecule has 2 N–H and O–H groups in total. The highest BCUT2D eigenvalue weighted by Crippen LogP contribution is 2.19. The maximum atomic E-state index is 8.98. The zero-order valence-electron chi connectivity index (χ0n) is 9.65. The van der Waals surface area contributed by atoms with Crippen molar-refractivity contribution >= 4 is 17.3 Å². The van der Waals surface area contributed by atoms with Crippen LogP contribution >= 0.6 is 11.6 Å². The van der Waals surface area contributed by atoms with Crippen LogP contribution in [0.5, 0.6) is 0 Å². The third-order valence-corrected chi connectivity index (χ3v) is 2.71. The van der Waals surface area contributed by atoms with E-state index in [4.69, 9.17) is 16.9 Å². The lowest BCUT2D eigenvalue weighted by Crippen LogP contribution is -2.05. The molecular weight excluding hydrogens is 250 g/mol. The molecule has 2 rings (SSSR count). The first-order chi connectivity index (χ1) is 8.79. The van der Waals surface area contributed by atoms with E-state index in [0.29, 0.717) is 10.6 Å². The van der Waals surface area contributed by atoms with E-state index >= 15 is 0 Å². The van der Waals surface area contributed by atoms with Gasteiger partial charge >= 0.3 is 0 Å². The van der Waals surface area contributed by atoms with Gasteiger partial charge in [0, 0.05) is 18.0 Å². The molecule has 2 aromatic rings. The number of benzene rings is 1. The van der Waals surface area contributed by atoms with Crippen LogP contribution in [0.15, 0.2) is 24.5 Å². The summed E-state index contributed by atoms with van der Waals surface area (Å²) in [7, 11) is 0. The van der Waals surface area contributed by atoms with Gasteiger partial charge in [0.2, 0.25) is 0 Å². The lowest BCUT2D eigenvalue weighted by molar-refractivity contribution is 0.805. The molecule has 92 valence electrons. The minimum absolute atomic E-state index is 0.558. The van der Waals surface area contributed by atoms with E-state index in [1.807, 2.05) is 6.07 Å². The smallest absolute Gasteiger partial charge is 0.137 e. The molecule has 18 heavy (non-hydrogen) atoms. The lowest BCUT2D eigenvalue weighted by atomic mass is 10.2. The minimum atomic E-state index is 0.558. The second-order valence-electron chi connectivity index (χ2n) is 3.76. The summed E-state index contributed by atoms with van der Waals surface area (Å²) in [4.78, 5) is 4.04. The highest BCUT2D eigenvalue weighted by molar-refractivity contribution is 6.30. The number of H-pyrrole nitrogens is 1. The number of aromatic nitrogens is 3. The molecule has 0 saturated heterocycles. The predicted octanol–water partition coefficient (Wildman–Crippen LogP) is 2.37. The van der Waals surface area contributed by atoms with E-state index in [-0.39, 0.29) is 0 Å². The standard InChI is InChI=1S/C12H12ClN5/c13-10-3-4-11(9(6-10)7-14)15-5-1-2-12-16-8-17-18-12/h3-4,6,8,15H,1-2,5H2,(H,16,17,18). The van der Waals surface area contributed by atoms with Crippen LogP contribution in [0.2, 0.25) is 5.02 Å². The fourth-order valence-electron chi connectivity index (χ4n) is 1.59. The van der Waals surface area contributed by atoms with Crippen molar-refractivity contribution in [2.75, 3.05) is 11.9 Å². The van der Waals surface area contributed by atoms with E-state index in [1.165, 1.54) is 6.33 Å². The Morgan fingerprint density at radius 3 is 3.06 bits per heavy atom. The van der Waals surface area contributed by atoms with Crippen molar-refractivity contribution in [2.45, 2.75) is 12.8 Å². The van der Waals surface area contributed by atoms with Crippen LogP contribution in [0.4, 0.5) is 5.69 Å². The zero-order chi connectivity index (χ0) is 12.8. The molecule has 0 amide bonds. The molecule has 1 heterocycles. The lowest BCUT2D eigenvalue weighted by Gasteiger charge is -2.07. The summed E-state index contributed by atoms with van der Waals surface area (Å²) in [6, 6.07) is 7.35. The number of anilines is 1. The molecule has 0 radical (unpaired) electrons. The van der Waals surface area contributed by atoms with Gasteiger partial charge in [0.25, 0.3) is 0 Å². The van der Waals surface area contributed by atoms with Gasteiger partial charge in [-0.15, -0.1) is 0 Å². The molecule has 1 aromatic carbocycles. The average molecular weight is 262 g/mol. The van der Waals surface area contributed by atoms with E-state index in [9.17, 15) is 0 Å². The third kappa shape index (κ3) is 3.22. The first kappa shape index (κ1) is 12.4. The molecule has 0 atom stereocenters. The highest BCUT2D eigenvalue weighted by Gasteiger charge is 2.02. The SMILES string of the molecule is N#Cc1cc(Cl)ccc1NCCCc1ncn[nH]1. The Kier molecular flexibility index (Phi) is 4.15. The number of aromatic amines is 1. The van der Waals surface area contributed by atoms with Crippen molar-refractivity contribution < 1.29 is 0 Å². The molecular formula is C12H12ClN5. The van der Waals surface area contributed by atoms with Crippen LogP contribution in [0.3, 0.4) is 0 Å². The van der Waals surface area contributed by atoms with Gasteiger partial charge < -0.3 is 5.32 Å². The summed E-state index contributed by atoms with van der Waals surface area (Å²) in [5.41, 5.74) is 1.36. The summed E-state index contributed by atoms with van der Waals surface area (Å²) >= 11 is 5.83. The number of nitrogens with zero attached hydrogens (tertiary/aromatic N) is 3. The normalized spacial score (nSPS) is 10.0. The van der Waals surface area contributed by atoms with Gasteiger partial charge in [0.15, 0.2) is 0 Å². The quantitative estimate of drug-likeness (QED) is 0.810. The molecule has 0 aliphatic rings. The van der Waals surface area contributed by atoms with Crippen molar-refractivity contribution in [2.24, 2.45) is 0 Å². The Bertz CT molecular complexity index is 544. The fourth-order valence-corrected chi connectivity index (χ4v) is 1.77. The maximum absolute atomic E-state index is 8.98. The van der Waals surface area contributed by atoms with Gasteiger partial charge in [0.05, 0.1) is 11.3 Å². The van der Waals surface area contributed by atoms with E-state index in [1.54, 1.807) is 12.1 Å². The molecule has 0 saturated carbocycles. The molecule has 0 fully saturated rings. The molecule has 0 unspecified atom stereocenters. The Morgan fingerprint density at radius 1 is 1.44 bits per heavy atom. The predicted molar refractivity (Wildman–Crippen MR) is 69.4 cm³/mol. The van der Waals surface area contributed by atoms with Crippen molar-refractivity contribution in [1.82, 2.24) is 15.2 Å². The Labute approximate surface area is 110 Å². The van der Waals surface area contributed by atoms with Crippen LogP contribution < -0.4 is 5.32 Å². The van der Waals surface area contributed by atoms with E-state index in [2.05, 4.69) is 26.6 Å². The van der Waals surface area contributed by atoms with Crippen molar-refractivity contribution in [3.05, 3.63) is 40.9 Å². The summed E-state index contributed by atoms with van der Waals surface area (Å²) in [6.45, 7) is 0.761. The van der Waals surface area contributed by atoms with Gasteiger partial charge in [-0.05, 0) is 24.6 Å². The van der Waals surface area contributed by atoms with Crippen molar-refractivity contribution in [3.63, 3.8) is 0 Å². The van der Waals surface area contributed by atoms with Crippen LogP contribution in [-0.4, -0.2) is 21.7 Å². The largest absolute Gasteiger partial charge is 0.384 e. The van der Waals surface area contributed by atoms with Gasteiger partial charge in [0.1, 0.15) is 18.2 Å². The zero-order valence-corrected chi connectivity index (χ0v) is 10.4. The Hall–Kier alpha value is -2.06. The number of nitrogens with one attached hydrogen (secondary N) is 2. The summed E-state index contributed by atoms with van der Waals surface area (Å²) in [5.74, 6) is 0.869. The number of aryl methyl sites for hydroxylation is 1. The number of nitriles is 1. The molecule has 1 aromatic heterocycles. The van der Waals surface area contributed by atoms with E-state index < -0.39 is 0 Å². The first-order valence-corrected chi connectivity index (χ1v) is 5.95. The molecule has 0 spiro atoms. The number of halogens is 1. The van der Waals surface area contributed by atoms with Crippen LogP contribution in [0.1, 0.15) is 17.8 Å². The minimum Gasteiger partial charge on any atom is -0.384 e. The summed E-state index contributed by atoms with van der Waals surface area (Å²) < 4.78 is 0. The van der Waals surface area contributed by atoms with Crippen LogP contribution in [0, 0.1) is 11.3 Å². The molecule has 0 bridgehead atoms. The monoisotopic (exact) mass is 261 g/mol. The fraction of sp³-hybridized carbons (Fsp3) is 0.250. The molecule has 0 aliphatic heterocycles. The number of hydrogen-bond donors (Lipinski definition) is 2. The molecule has 5 nitrogen and oxygen atoms in total. The topological polar surface area (TPSA) is 77.4 Å². The van der Waals surface area contributed by atoms with Crippen LogP contribution in [-0.2, 0) is 6.42 Å². The van der Waals surface area contributed by atoms with Gasteiger partial charge in [-0.1, -0.05) is 11.6 Å².